The number of hydrogen-bond donors (Lipinski definition) is 3. The molecule has 1 aliphatic carbocycles. The average molecular weight is 589 g/mol. The number of aliphatic hydroxyl groups is 2. The summed E-state index contributed by atoms with van der Waals surface area (Å²) >= 11 is 0. The monoisotopic (exact) mass is 588 g/mol. The molecule has 0 saturated carbocycles. The lowest BCUT2D eigenvalue weighted by Gasteiger charge is -2.47. The number of phenolic OH excluding ortho intramolecular Hbond substituents is 1. The van der Waals surface area contributed by atoms with Crippen LogP contribution >= 0.6 is 0 Å². The van der Waals surface area contributed by atoms with Gasteiger partial charge in [-0.05, 0) is 47.9 Å². The minimum Gasteiger partial charge on any atom is -0.502 e. The number of carbonyl (C=O) groups is 1. The quantitative estimate of drug-likeness (QED) is 0.430. The number of rotatable bonds is 5. The van der Waals surface area contributed by atoms with E-state index >= 15 is 0 Å². The number of ether oxygens (including phenoxy) is 9. The van der Waals surface area contributed by atoms with E-state index in [1.807, 2.05) is 0 Å². The second-order valence-electron chi connectivity index (χ2n) is 11.0. The zero-order valence-electron chi connectivity index (χ0n) is 23.1. The third-order valence-electron chi connectivity index (χ3n) is 8.75. The first-order valence-corrected chi connectivity index (χ1v) is 13.8. The lowest BCUT2D eigenvalue weighted by Crippen LogP contribution is -2.63. The fourth-order valence-electron chi connectivity index (χ4n) is 6.74. The van der Waals surface area contributed by atoms with Crippen LogP contribution in [-0.4, -0.2) is 92.5 Å². The first-order valence-electron chi connectivity index (χ1n) is 13.8. The molecular weight excluding hydrogens is 556 g/mol. The van der Waals surface area contributed by atoms with Gasteiger partial charge in [-0.3, -0.25) is 4.79 Å². The predicted octanol–water partition coefficient (Wildman–Crippen LogP) is 1.34. The standard InChI is InChI=1S/C29H32O13/c1-11-36-9-20-27(40-11)24(31)25(32)29(41-20)42-26-14-7-17-16(38-10-39-17)6-13(14)21(22-15(26)8-37-28(22)33)12-4-18(34-2)23(30)19(5-12)35-3/h4-7,11,15,20-22,24-27,29-32H,8-10H2,1-3H3/t11?,15-,20?,21+,22-,24+,25+,26?,27-,29?/m0/s1. The van der Waals surface area contributed by atoms with Crippen molar-refractivity contribution >= 4 is 5.97 Å². The van der Waals surface area contributed by atoms with Crippen molar-refractivity contribution in [1.29, 1.82) is 0 Å². The minimum absolute atomic E-state index is 0.0301. The summed E-state index contributed by atoms with van der Waals surface area (Å²) < 4.78 is 51.5. The molecule has 2 aromatic carbocycles. The Kier molecular flexibility index (Phi) is 6.83. The summed E-state index contributed by atoms with van der Waals surface area (Å²) in [5.74, 6) is -1.02. The van der Waals surface area contributed by atoms with Crippen molar-refractivity contribution in [3.05, 3.63) is 41.0 Å². The fourth-order valence-corrected chi connectivity index (χ4v) is 6.74. The number of fused-ring (bicyclic) bond motifs is 4. The average Bonchev–Trinajstić information content (AvgIpc) is 3.61. The number of phenols is 1. The number of aromatic hydroxyl groups is 1. The molecule has 4 unspecified atom stereocenters. The summed E-state index contributed by atoms with van der Waals surface area (Å²) in [4.78, 5) is 13.4. The Morgan fingerprint density at radius 1 is 0.881 bits per heavy atom. The first-order chi connectivity index (χ1) is 20.3. The van der Waals surface area contributed by atoms with E-state index in [0.29, 0.717) is 28.2 Å². The highest BCUT2D eigenvalue weighted by molar-refractivity contribution is 5.79. The zero-order valence-corrected chi connectivity index (χ0v) is 23.1. The highest BCUT2D eigenvalue weighted by atomic mass is 16.8. The van der Waals surface area contributed by atoms with Crippen LogP contribution in [0.3, 0.4) is 0 Å². The molecule has 3 saturated heterocycles. The molecule has 0 aromatic heterocycles. The molecule has 4 aliphatic heterocycles. The van der Waals surface area contributed by atoms with Crippen LogP contribution in [0, 0.1) is 11.8 Å². The second-order valence-corrected chi connectivity index (χ2v) is 11.0. The minimum atomic E-state index is -1.44. The van der Waals surface area contributed by atoms with Gasteiger partial charge in [-0.2, -0.15) is 0 Å². The molecular formula is C29H32O13. The second kappa shape index (κ2) is 10.4. The topological polar surface area (TPSA) is 161 Å². The van der Waals surface area contributed by atoms with Crippen LogP contribution in [0.2, 0.25) is 0 Å². The molecule has 13 heteroatoms. The van der Waals surface area contributed by atoms with Crippen LogP contribution in [0.5, 0.6) is 28.7 Å². The van der Waals surface area contributed by atoms with Gasteiger partial charge >= 0.3 is 5.97 Å². The van der Waals surface area contributed by atoms with Gasteiger partial charge in [0.05, 0.1) is 39.5 Å². The van der Waals surface area contributed by atoms with Crippen molar-refractivity contribution in [2.45, 2.75) is 55.9 Å². The van der Waals surface area contributed by atoms with Gasteiger partial charge in [0.2, 0.25) is 12.5 Å². The third kappa shape index (κ3) is 4.26. The summed E-state index contributed by atoms with van der Waals surface area (Å²) in [6.45, 7) is 1.93. The van der Waals surface area contributed by atoms with E-state index in [0.717, 1.165) is 0 Å². The highest BCUT2D eigenvalue weighted by Crippen LogP contribution is 2.57. The lowest BCUT2D eigenvalue weighted by molar-refractivity contribution is -0.364. The maximum absolute atomic E-state index is 13.4. The summed E-state index contributed by atoms with van der Waals surface area (Å²) in [7, 11) is 2.86. The van der Waals surface area contributed by atoms with Crippen molar-refractivity contribution < 1.29 is 62.7 Å². The van der Waals surface area contributed by atoms with E-state index in [1.54, 1.807) is 31.2 Å². The SMILES string of the molecule is COc1cc([C@@H]2c3cc4c(cc3C(OC3OC5COC(C)O[C@@H]5[C@H](O)[C@H]3O)[C@H]3COC(=O)[C@H]23)OCO4)cc(OC)c1O. The van der Waals surface area contributed by atoms with Gasteiger partial charge in [0.1, 0.15) is 24.4 Å². The Hall–Kier alpha value is -3.33. The molecule has 4 heterocycles. The van der Waals surface area contributed by atoms with E-state index in [4.69, 9.17) is 42.6 Å². The summed E-state index contributed by atoms with van der Waals surface area (Å²) in [5.41, 5.74) is 2.01. The molecule has 0 amide bonds. The van der Waals surface area contributed by atoms with Crippen molar-refractivity contribution in [2.75, 3.05) is 34.2 Å². The Labute approximate surface area is 240 Å². The molecule has 0 bridgehead atoms. The molecule has 0 radical (unpaired) electrons. The molecule has 7 rings (SSSR count). The molecule has 13 nitrogen and oxygen atoms in total. The van der Waals surface area contributed by atoms with Crippen LogP contribution in [0.15, 0.2) is 24.3 Å². The van der Waals surface area contributed by atoms with Crippen molar-refractivity contribution in [3.8, 4) is 28.7 Å². The molecule has 2 aromatic rings. The molecule has 5 aliphatic rings. The van der Waals surface area contributed by atoms with Crippen molar-refractivity contribution in [2.24, 2.45) is 11.8 Å². The summed E-state index contributed by atoms with van der Waals surface area (Å²) in [6.07, 6.45) is -6.80. The van der Waals surface area contributed by atoms with Gasteiger partial charge in [0, 0.05) is 11.8 Å². The van der Waals surface area contributed by atoms with Crippen LogP contribution in [0.1, 0.15) is 35.6 Å². The number of hydrogen-bond acceptors (Lipinski definition) is 13. The van der Waals surface area contributed by atoms with Crippen LogP contribution in [0.4, 0.5) is 0 Å². The first kappa shape index (κ1) is 27.5. The Morgan fingerprint density at radius 3 is 2.26 bits per heavy atom. The smallest absolute Gasteiger partial charge is 0.310 e. The van der Waals surface area contributed by atoms with Crippen LogP contribution < -0.4 is 18.9 Å². The van der Waals surface area contributed by atoms with Gasteiger partial charge in [-0.15, -0.1) is 0 Å². The van der Waals surface area contributed by atoms with E-state index in [1.165, 1.54) is 14.2 Å². The normalized spacial score (nSPS) is 36.5. The zero-order chi connectivity index (χ0) is 29.3. The summed E-state index contributed by atoms with van der Waals surface area (Å²) in [5, 5.41) is 32.5. The number of benzene rings is 2. The van der Waals surface area contributed by atoms with Gasteiger partial charge in [0.25, 0.3) is 0 Å². The van der Waals surface area contributed by atoms with Gasteiger partial charge in [0.15, 0.2) is 35.6 Å². The molecule has 10 atom stereocenters. The van der Waals surface area contributed by atoms with E-state index < -0.39 is 66.8 Å². The van der Waals surface area contributed by atoms with Gasteiger partial charge in [-0.25, -0.2) is 0 Å². The number of carbonyl (C=O) groups excluding carboxylic acids is 1. The molecule has 3 fully saturated rings. The predicted molar refractivity (Wildman–Crippen MR) is 138 cm³/mol. The Bertz CT molecular complexity index is 1350. The number of methoxy groups -OCH3 is 2. The maximum atomic E-state index is 13.4. The Balaban J connectivity index is 1.32. The molecule has 0 spiro atoms. The molecule has 226 valence electrons. The maximum Gasteiger partial charge on any atom is 0.310 e. The Morgan fingerprint density at radius 2 is 1.57 bits per heavy atom. The van der Waals surface area contributed by atoms with E-state index in [9.17, 15) is 20.1 Å². The van der Waals surface area contributed by atoms with E-state index in [-0.39, 0.29) is 37.3 Å². The van der Waals surface area contributed by atoms with Crippen molar-refractivity contribution in [1.82, 2.24) is 0 Å². The molecule has 3 N–H and O–H groups in total. The number of esters is 1. The summed E-state index contributed by atoms with van der Waals surface area (Å²) in [6, 6.07) is 6.93. The largest absolute Gasteiger partial charge is 0.502 e. The van der Waals surface area contributed by atoms with Gasteiger partial charge in [-0.1, -0.05) is 0 Å². The highest BCUT2D eigenvalue weighted by Gasteiger charge is 2.56. The number of cyclic esters (lactones) is 1. The number of aliphatic hydroxyl groups excluding tert-OH is 2. The van der Waals surface area contributed by atoms with Crippen LogP contribution in [0.25, 0.3) is 0 Å². The van der Waals surface area contributed by atoms with E-state index in [2.05, 4.69) is 0 Å². The third-order valence-corrected chi connectivity index (χ3v) is 8.75. The fraction of sp³-hybridized carbons (Fsp3) is 0.552. The van der Waals surface area contributed by atoms with Crippen LogP contribution in [-0.2, 0) is 28.5 Å². The van der Waals surface area contributed by atoms with Gasteiger partial charge < -0.3 is 58.0 Å². The molecule has 42 heavy (non-hydrogen) atoms. The van der Waals surface area contributed by atoms with Crippen molar-refractivity contribution in [3.63, 3.8) is 0 Å². The lowest BCUT2D eigenvalue weighted by atomic mass is 9.66.